The summed E-state index contributed by atoms with van der Waals surface area (Å²) in [4.78, 5) is 27.9. The Hall–Kier alpha value is -1.88. The van der Waals surface area contributed by atoms with Crippen molar-refractivity contribution >= 4 is 11.8 Å². The van der Waals surface area contributed by atoms with Gasteiger partial charge in [-0.05, 0) is 25.8 Å². The summed E-state index contributed by atoms with van der Waals surface area (Å²) in [5, 5.41) is 2.81. The average Bonchev–Trinajstić information content (AvgIpc) is 2.55. The third-order valence-electron chi connectivity index (χ3n) is 4.21. The third-order valence-corrected chi connectivity index (χ3v) is 4.21. The summed E-state index contributed by atoms with van der Waals surface area (Å²) >= 11 is 0. The van der Waals surface area contributed by atoms with Gasteiger partial charge in [-0.1, -0.05) is 29.8 Å². The van der Waals surface area contributed by atoms with Crippen LogP contribution in [-0.2, 0) is 16.0 Å². The average molecular weight is 317 g/mol. The fourth-order valence-corrected chi connectivity index (χ4v) is 2.78. The maximum Gasteiger partial charge on any atom is 0.234 e. The molecule has 0 saturated carbocycles. The fourth-order valence-electron chi connectivity index (χ4n) is 2.78. The Labute approximate surface area is 138 Å². The monoisotopic (exact) mass is 317 g/mol. The molecule has 126 valence electrons. The molecule has 0 spiro atoms. The zero-order valence-electron chi connectivity index (χ0n) is 14.2. The molecule has 1 saturated heterocycles. The highest BCUT2D eigenvalue weighted by molar-refractivity contribution is 5.78. The van der Waals surface area contributed by atoms with Gasteiger partial charge < -0.3 is 10.2 Å². The van der Waals surface area contributed by atoms with Gasteiger partial charge in [0, 0.05) is 39.1 Å². The second kappa shape index (κ2) is 8.67. The lowest BCUT2D eigenvalue weighted by molar-refractivity contribution is -0.133. The molecule has 5 heteroatoms. The minimum absolute atomic E-state index is 0.0617. The quantitative estimate of drug-likeness (QED) is 0.858. The zero-order chi connectivity index (χ0) is 16.7. The maximum atomic E-state index is 12.3. The smallest absolute Gasteiger partial charge is 0.234 e. The second-order valence-corrected chi connectivity index (χ2v) is 6.10. The second-order valence-electron chi connectivity index (χ2n) is 6.10. The van der Waals surface area contributed by atoms with E-state index in [1.54, 1.807) is 0 Å². The van der Waals surface area contributed by atoms with Crippen molar-refractivity contribution in [1.29, 1.82) is 0 Å². The first kappa shape index (κ1) is 17.5. The van der Waals surface area contributed by atoms with Crippen LogP contribution in [0.15, 0.2) is 24.3 Å². The molecule has 1 heterocycles. The molecule has 2 rings (SSSR count). The number of carbonyl (C=O) groups is 2. The number of carbonyl (C=O) groups excluding carboxylic acids is 2. The maximum absolute atomic E-state index is 12.3. The first-order valence-corrected chi connectivity index (χ1v) is 8.41. The van der Waals surface area contributed by atoms with Crippen LogP contribution in [0.2, 0.25) is 0 Å². The summed E-state index contributed by atoms with van der Waals surface area (Å²) in [6, 6.07) is 8.35. The van der Waals surface area contributed by atoms with Gasteiger partial charge in [0.1, 0.15) is 0 Å². The summed E-state index contributed by atoms with van der Waals surface area (Å²) in [7, 11) is 0. The molecule has 1 aliphatic rings. The Bertz CT molecular complexity index is 520. The molecule has 1 aromatic carbocycles. The van der Waals surface area contributed by atoms with Gasteiger partial charge in [-0.2, -0.15) is 0 Å². The Morgan fingerprint density at radius 2 is 1.74 bits per heavy atom. The van der Waals surface area contributed by atoms with E-state index in [1.165, 1.54) is 11.1 Å². The van der Waals surface area contributed by atoms with Gasteiger partial charge in [-0.15, -0.1) is 0 Å². The molecule has 1 N–H and O–H groups in total. The summed E-state index contributed by atoms with van der Waals surface area (Å²) in [5.74, 6) is 0.273. The van der Waals surface area contributed by atoms with Crippen LogP contribution in [0.3, 0.4) is 0 Å². The number of aryl methyl sites for hydroxylation is 2. The topological polar surface area (TPSA) is 52.7 Å². The number of nitrogens with one attached hydrogen (secondary N) is 1. The molecule has 5 nitrogen and oxygen atoms in total. The normalized spacial score (nSPS) is 15.5. The highest BCUT2D eigenvalue weighted by Gasteiger charge is 2.21. The van der Waals surface area contributed by atoms with Crippen molar-refractivity contribution in [3.05, 3.63) is 35.4 Å². The SMILES string of the molecule is CCNC(=O)CN1CCN(C(=O)CCc2ccc(C)cc2)CC1. The standard InChI is InChI=1S/C18H27N3O2/c1-3-19-17(22)14-20-10-12-21(13-11-20)18(23)9-8-16-6-4-15(2)5-7-16/h4-7H,3,8-14H2,1-2H3,(H,19,22). The molecule has 23 heavy (non-hydrogen) atoms. The Balaban J connectivity index is 1.71. The van der Waals surface area contributed by atoms with Gasteiger partial charge in [0.2, 0.25) is 11.8 Å². The minimum Gasteiger partial charge on any atom is -0.355 e. The molecule has 0 unspecified atom stereocenters. The first-order chi connectivity index (χ1) is 11.1. The molecule has 0 aliphatic carbocycles. The number of benzene rings is 1. The lowest BCUT2D eigenvalue weighted by Gasteiger charge is -2.34. The van der Waals surface area contributed by atoms with E-state index in [1.807, 2.05) is 11.8 Å². The lowest BCUT2D eigenvalue weighted by atomic mass is 10.1. The molecule has 1 aliphatic heterocycles. The largest absolute Gasteiger partial charge is 0.355 e. The zero-order valence-corrected chi connectivity index (χ0v) is 14.2. The van der Waals surface area contributed by atoms with E-state index in [0.717, 1.165) is 19.5 Å². The summed E-state index contributed by atoms with van der Waals surface area (Å²) in [5.41, 5.74) is 2.45. The van der Waals surface area contributed by atoms with E-state index in [0.29, 0.717) is 32.6 Å². The fraction of sp³-hybridized carbons (Fsp3) is 0.556. The predicted molar refractivity (Wildman–Crippen MR) is 91.2 cm³/mol. The van der Waals surface area contributed by atoms with Crippen LogP contribution >= 0.6 is 0 Å². The molecule has 1 aromatic rings. The first-order valence-electron chi connectivity index (χ1n) is 8.41. The lowest BCUT2D eigenvalue weighted by Crippen LogP contribution is -2.51. The molecular weight excluding hydrogens is 290 g/mol. The number of likely N-dealkylation sites (N-methyl/N-ethyl adjacent to an activating group) is 1. The Morgan fingerprint density at radius 3 is 2.35 bits per heavy atom. The molecule has 0 radical (unpaired) electrons. The van der Waals surface area contributed by atoms with Crippen LogP contribution in [0.5, 0.6) is 0 Å². The number of rotatable bonds is 6. The van der Waals surface area contributed by atoms with E-state index in [-0.39, 0.29) is 11.8 Å². The predicted octanol–water partition coefficient (Wildman–Crippen LogP) is 1.21. The number of nitrogens with zero attached hydrogens (tertiary/aromatic N) is 2. The van der Waals surface area contributed by atoms with Gasteiger partial charge in [-0.25, -0.2) is 0 Å². The van der Waals surface area contributed by atoms with E-state index in [4.69, 9.17) is 0 Å². The number of hydrogen-bond donors (Lipinski definition) is 1. The van der Waals surface area contributed by atoms with Crippen molar-refractivity contribution in [2.45, 2.75) is 26.7 Å². The van der Waals surface area contributed by atoms with Gasteiger partial charge >= 0.3 is 0 Å². The van der Waals surface area contributed by atoms with Crippen molar-refractivity contribution in [2.75, 3.05) is 39.3 Å². The third kappa shape index (κ3) is 5.67. The van der Waals surface area contributed by atoms with Crippen LogP contribution in [0.1, 0.15) is 24.5 Å². The van der Waals surface area contributed by atoms with Crippen LogP contribution in [0.25, 0.3) is 0 Å². The molecule has 2 amide bonds. The van der Waals surface area contributed by atoms with E-state index < -0.39 is 0 Å². The van der Waals surface area contributed by atoms with Crippen molar-refractivity contribution < 1.29 is 9.59 Å². The number of amides is 2. The highest BCUT2D eigenvalue weighted by atomic mass is 16.2. The molecule has 0 atom stereocenters. The minimum atomic E-state index is 0.0617. The van der Waals surface area contributed by atoms with Crippen LogP contribution in [0.4, 0.5) is 0 Å². The van der Waals surface area contributed by atoms with Gasteiger partial charge in [0.15, 0.2) is 0 Å². The Kier molecular flexibility index (Phi) is 6.59. The van der Waals surface area contributed by atoms with E-state index in [2.05, 4.69) is 41.4 Å². The summed E-state index contributed by atoms with van der Waals surface area (Å²) < 4.78 is 0. The van der Waals surface area contributed by atoms with Crippen molar-refractivity contribution in [3.63, 3.8) is 0 Å². The molecule has 0 aromatic heterocycles. The molecule has 1 fully saturated rings. The molecular formula is C18H27N3O2. The number of piperazine rings is 1. The van der Waals surface area contributed by atoms with Crippen LogP contribution in [0, 0.1) is 6.92 Å². The van der Waals surface area contributed by atoms with Gasteiger partial charge in [-0.3, -0.25) is 14.5 Å². The molecule has 0 bridgehead atoms. The van der Waals surface area contributed by atoms with Gasteiger partial charge in [0.05, 0.1) is 6.54 Å². The highest BCUT2D eigenvalue weighted by Crippen LogP contribution is 2.09. The van der Waals surface area contributed by atoms with E-state index >= 15 is 0 Å². The van der Waals surface area contributed by atoms with Crippen molar-refractivity contribution in [3.8, 4) is 0 Å². The van der Waals surface area contributed by atoms with Crippen LogP contribution in [-0.4, -0.2) is 60.9 Å². The van der Waals surface area contributed by atoms with Gasteiger partial charge in [0.25, 0.3) is 0 Å². The van der Waals surface area contributed by atoms with Crippen molar-refractivity contribution in [2.24, 2.45) is 0 Å². The van der Waals surface area contributed by atoms with Crippen LogP contribution < -0.4 is 5.32 Å². The summed E-state index contributed by atoms with van der Waals surface area (Å²) in [6.07, 6.45) is 1.34. The van der Waals surface area contributed by atoms with E-state index in [9.17, 15) is 9.59 Å². The summed E-state index contributed by atoms with van der Waals surface area (Å²) in [6.45, 7) is 8.05. The van der Waals surface area contributed by atoms with Crippen molar-refractivity contribution in [1.82, 2.24) is 15.1 Å². The Morgan fingerprint density at radius 1 is 1.09 bits per heavy atom. The number of hydrogen-bond acceptors (Lipinski definition) is 3.